The molecule has 0 spiro atoms. The molecule has 0 radical (unpaired) electrons. The van der Waals surface area contributed by atoms with Crippen molar-refractivity contribution in [1.29, 1.82) is 0 Å². The molecule has 0 aliphatic heterocycles. The summed E-state index contributed by atoms with van der Waals surface area (Å²) in [5.74, 6) is 1.24. The molecule has 0 atom stereocenters. The highest BCUT2D eigenvalue weighted by molar-refractivity contribution is 7.99. The number of aromatic amines is 1. The zero-order valence-electron chi connectivity index (χ0n) is 9.42. The van der Waals surface area contributed by atoms with Gasteiger partial charge in [0.05, 0.1) is 0 Å². The lowest BCUT2D eigenvalue weighted by Crippen LogP contribution is -2.28. The van der Waals surface area contributed by atoms with Gasteiger partial charge < -0.3 is 0 Å². The SMILES string of the molecule is CCSc1n[nH]c(NC(=O)C(C)(C)C)n1. The van der Waals surface area contributed by atoms with Gasteiger partial charge in [-0.25, -0.2) is 5.10 Å². The molecule has 0 saturated heterocycles. The highest BCUT2D eigenvalue weighted by Gasteiger charge is 2.22. The van der Waals surface area contributed by atoms with E-state index >= 15 is 0 Å². The lowest BCUT2D eigenvalue weighted by molar-refractivity contribution is -0.123. The van der Waals surface area contributed by atoms with E-state index in [1.54, 1.807) is 0 Å². The first-order chi connectivity index (χ1) is 6.93. The van der Waals surface area contributed by atoms with Crippen LogP contribution in [0.2, 0.25) is 0 Å². The van der Waals surface area contributed by atoms with Crippen molar-refractivity contribution < 1.29 is 4.79 Å². The molecular weight excluding hydrogens is 212 g/mol. The summed E-state index contributed by atoms with van der Waals surface area (Å²) in [6.07, 6.45) is 0. The van der Waals surface area contributed by atoms with Gasteiger partial charge in [-0.2, -0.15) is 4.98 Å². The van der Waals surface area contributed by atoms with E-state index < -0.39 is 5.41 Å². The first-order valence-corrected chi connectivity index (χ1v) is 5.78. The molecule has 1 rings (SSSR count). The standard InChI is InChI=1S/C9H16N4OS/c1-5-15-8-11-7(12-13-8)10-6(14)9(2,3)4/h5H2,1-4H3,(H2,10,11,12,13,14). The largest absolute Gasteiger partial charge is 0.294 e. The van der Waals surface area contributed by atoms with Crippen molar-refractivity contribution in [3.63, 3.8) is 0 Å². The summed E-state index contributed by atoms with van der Waals surface area (Å²) in [6.45, 7) is 7.57. The number of hydrogen-bond acceptors (Lipinski definition) is 4. The van der Waals surface area contributed by atoms with E-state index in [2.05, 4.69) is 20.5 Å². The van der Waals surface area contributed by atoms with Gasteiger partial charge in [0, 0.05) is 5.41 Å². The summed E-state index contributed by atoms with van der Waals surface area (Å²) in [6, 6.07) is 0. The predicted molar refractivity (Wildman–Crippen MR) is 60.9 cm³/mol. The second kappa shape index (κ2) is 4.65. The first-order valence-electron chi connectivity index (χ1n) is 4.80. The van der Waals surface area contributed by atoms with Gasteiger partial charge in [-0.15, -0.1) is 5.10 Å². The Morgan fingerprint density at radius 3 is 2.73 bits per heavy atom. The molecule has 0 saturated carbocycles. The molecule has 0 aliphatic rings. The van der Waals surface area contributed by atoms with Crippen LogP contribution < -0.4 is 5.32 Å². The molecule has 0 bridgehead atoms. The summed E-state index contributed by atoms with van der Waals surface area (Å²) >= 11 is 1.53. The molecule has 6 heteroatoms. The number of nitrogens with one attached hydrogen (secondary N) is 2. The highest BCUT2D eigenvalue weighted by Crippen LogP contribution is 2.17. The Bertz CT molecular complexity index is 342. The molecule has 0 aliphatic carbocycles. The van der Waals surface area contributed by atoms with E-state index in [9.17, 15) is 4.79 Å². The van der Waals surface area contributed by atoms with Crippen LogP contribution in [-0.2, 0) is 4.79 Å². The minimum atomic E-state index is -0.426. The molecular formula is C9H16N4OS. The third-order valence-electron chi connectivity index (χ3n) is 1.65. The van der Waals surface area contributed by atoms with Crippen LogP contribution in [0.1, 0.15) is 27.7 Å². The number of rotatable bonds is 3. The molecule has 1 heterocycles. The number of amides is 1. The Kier molecular flexibility index (Phi) is 3.73. The number of aromatic nitrogens is 3. The van der Waals surface area contributed by atoms with Gasteiger partial charge in [0.2, 0.25) is 17.0 Å². The molecule has 1 amide bonds. The van der Waals surface area contributed by atoms with Crippen LogP contribution in [0.4, 0.5) is 5.95 Å². The molecule has 1 aromatic heterocycles. The van der Waals surface area contributed by atoms with Gasteiger partial charge in [0.15, 0.2) is 0 Å². The lowest BCUT2D eigenvalue weighted by atomic mass is 9.96. The molecule has 0 unspecified atom stereocenters. The van der Waals surface area contributed by atoms with Gasteiger partial charge in [0.1, 0.15) is 0 Å². The zero-order valence-corrected chi connectivity index (χ0v) is 10.2. The molecule has 0 fully saturated rings. The van der Waals surface area contributed by atoms with Gasteiger partial charge in [0.25, 0.3) is 0 Å². The first kappa shape index (κ1) is 12.0. The maximum atomic E-state index is 11.6. The number of anilines is 1. The van der Waals surface area contributed by atoms with Gasteiger partial charge in [-0.05, 0) is 5.75 Å². The van der Waals surface area contributed by atoms with E-state index in [0.29, 0.717) is 11.1 Å². The van der Waals surface area contributed by atoms with Crippen molar-refractivity contribution in [2.75, 3.05) is 11.1 Å². The van der Waals surface area contributed by atoms with Crippen LogP contribution in [0.3, 0.4) is 0 Å². The van der Waals surface area contributed by atoms with Gasteiger partial charge in [-0.3, -0.25) is 10.1 Å². The second-order valence-electron chi connectivity index (χ2n) is 4.10. The van der Waals surface area contributed by atoms with E-state index in [1.165, 1.54) is 11.8 Å². The van der Waals surface area contributed by atoms with Crippen molar-refractivity contribution in [3.8, 4) is 0 Å². The summed E-state index contributed by atoms with van der Waals surface area (Å²) in [5.41, 5.74) is -0.426. The van der Waals surface area contributed by atoms with E-state index in [4.69, 9.17) is 0 Å². The van der Waals surface area contributed by atoms with Gasteiger partial charge >= 0.3 is 0 Å². The monoisotopic (exact) mass is 228 g/mol. The molecule has 84 valence electrons. The molecule has 2 N–H and O–H groups in total. The smallest absolute Gasteiger partial charge is 0.232 e. The van der Waals surface area contributed by atoms with E-state index in [1.807, 2.05) is 27.7 Å². The number of hydrogen-bond donors (Lipinski definition) is 2. The number of nitrogens with zero attached hydrogens (tertiary/aromatic N) is 2. The number of H-pyrrole nitrogens is 1. The minimum Gasteiger partial charge on any atom is -0.294 e. The van der Waals surface area contributed by atoms with Crippen molar-refractivity contribution in [3.05, 3.63) is 0 Å². The van der Waals surface area contributed by atoms with Crippen LogP contribution in [-0.4, -0.2) is 26.8 Å². The van der Waals surface area contributed by atoms with Gasteiger partial charge in [-0.1, -0.05) is 39.5 Å². The fourth-order valence-corrected chi connectivity index (χ4v) is 1.32. The minimum absolute atomic E-state index is 0.0771. The van der Waals surface area contributed by atoms with Crippen molar-refractivity contribution in [2.45, 2.75) is 32.9 Å². The fourth-order valence-electron chi connectivity index (χ4n) is 0.791. The number of thioether (sulfide) groups is 1. The van der Waals surface area contributed by atoms with Crippen LogP contribution >= 0.6 is 11.8 Å². The Morgan fingerprint density at radius 2 is 2.20 bits per heavy atom. The van der Waals surface area contributed by atoms with Crippen LogP contribution in [0.25, 0.3) is 0 Å². The summed E-state index contributed by atoms with van der Waals surface area (Å²) < 4.78 is 0. The van der Waals surface area contributed by atoms with Crippen molar-refractivity contribution in [2.24, 2.45) is 5.41 Å². The average molecular weight is 228 g/mol. The zero-order chi connectivity index (χ0) is 11.5. The maximum absolute atomic E-state index is 11.6. The normalized spacial score (nSPS) is 11.5. The second-order valence-corrected chi connectivity index (χ2v) is 5.33. The summed E-state index contributed by atoms with van der Waals surface area (Å²) in [7, 11) is 0. The van der Waals surface area contributed by atoms with Crippen molar-refractivity contribution in [1.82, 2.24) is 15.2 Å². The van der Waals surface area contributed by atoms with Crippen molar-refractivity contribution >= 4 is 23.6 Å². The number of carbonyl (C=O) groups is 1. The third-order valence-corrected chi connectivity index (χ3v) is 2.38. The number of carbonyl (C=O) groups excluding carboxylic acids is 1. The van der Waals surface area contributed by atoms with E-state index in [0.717, 1.165) is 5.75 Å². The molecule has 0 aromatic carbocycles. The van der Waals surface area contributed by atoms with Crippen LogP contribution in [0.5, 0.6) is 0 Å². The topological polar surface area (TPSA) is 70.7 Å². The molecule has 1 aromatic rings. The van der Waals surface area contributed by atoms with E-state index in [-0.39, 0.29) is 5.91 Å². The Hall–Kier alpha value is -1.04. The Morgan fingerprint density at radius 1 is 1.53 bits per heavy atom. The highest BCUT2D eigenvalue weighted by atomic mass is 32.2. The molecule has 5 nitrogen and oxygen atoms in total. The third kappa shape index (κ3) is 3.54. The van der Waals surface area contributed by atoms with Crippen LogP contribution in [0, 0.1) is 5.41 Å². The summed E-state index contributed by atoms with van der Waals surface area (Å²) in [5, 5.41) is 9.97. The predicted octanol–water partition coefficient (Wildman–Crippen LogP) is 1.90. The lowest BCUT2D eigenvalue weighted by Gasteiger charge is -2.15. The maximum Gasteiger partial charge on any atom is 0.232 e. The Labute approximate surface area is 93.4 Å². The quantitative estimate of drug-likeness (QED) is 0.775. The Balaban J connectivity index is 2.61. The molecule has 15 heavy (non-hydrogen) atoms. The fraction of sp³-hybridized carbons (Fsp3) is 0.667. The van der Waals surface area contributed by atoms with Crippen LogP contribution in [0.15, 0.2) is 5.16 Å². The summed E-state index contributed by atoms with van der Waals surface area (Å²) in [4.78, 5) is 15.7. The average Bonchev–Trinajstić information content (AvgIpc) is 2.51.